The van der Waals surface area contributed by atoms with Gasteiger partial charge in [0.15, 0.2) is 5.60 Å². The second-order valence-electron chi connectivity index (χ2n) is 8.06. The van der Waals surface area contributed by atoms with E-state index in [1.165, 1.54) is 11.3 Å². The number of hydrogen-bond acceptors (Lipinski definition) is 9. The summed E-state index contributed by atoms with van der Waals surface area (Å²) >= 11 is 1.45. The maximum Gasteiger partial charge on any atom is 0.258 e. The number of carbonyl (C=O) groups is 1. The van der Waals surface area contributed by atoms with Gasteiger partial charge in [0.2, 0.25) is 5.95 Å². The summed E-state index contributed by atoms with van der Waals surface area (Å²) in [4.78, 5) is 27.6. The van der Waals surface area contributed by atoms with Crippen LogP contribution in [0.5, 0.6) is 0 Å². The average molecular weight is 478 g/mol. The number of aromatic nitrogens is 5. The van der Waals surface area contributed by atoms with E-state index in [1.807, 2.05) is 23.6 Å². The van der Waals surface area contributed by atoms with Crippen molar-refractivity contribution in [1.29, 1.82) is 0 Å². The first-order chi connectivity index (χ1) is 16.5. The molecule has 1 aliphatic heterocycles. The largest absolute Gasteiger partial charge is 0.394 e. The first kappa shape index (κ1) is 22.1. The molecule has 1 aromatic carbocycles. The molecule has 1 fully saturated rings. The maximum atomic E-state index is 12.5. The third-order valence-corrected chi connectivity index (χ3v) is 6.61. The number of thiazole rings is 1. The van der Waals surface area contributed by atoms with Crippen LogP contribution in [-0.4, -0.2) is 66.0 Å². The zero-order valence-electron chi connectivity index (χ0n) is 18.4. The number of anilines is 2. The molecule has 0 bridgehead atoms. The molecule has 1 aliphatic rings. The van der Waals surface area contributed by atoms with Crippen molar-refractivity contribution < 1.29 is 15.0 Å². The minimum Gasteiger partial charge on any atom is -0.394 e. The van der Waals surface area contributed by atoms with E-state index in [0.717, 1.165) is 16.3 Å². The second kappa shape index (κ2) is 8.93. The van der Waals surface area contributed by atoms with Gasteiger partial charge in [-0.1, -0.05) is 18.2 Å². The summed E-state index contributed by atoms with van der Waals surface area (Å²) < 4.78 is 1.63. The van der Waals surface area contributed by atoms with Crippen LogP contribution < -0.4 is 5.32 Å². The van der Waals surface area contributed by atoms with Gasteiger partial charge in [-0.15, -0.1) is 11.3 Å². The van der Waals surface area contributed by atoms with Gasteiger partial charge in [0, 0.05) is 43.4 Å². The van der Waals surface area contributed by atoms with Crippen molar-refractivity contribution in [3.8, 4) is 22.0 Å². The highest BCUT2D eigenvalue weighted by atomic mass is 32.1. The quantitative estimate of drug-likeness (QED) is 0.370. The van der Waals surface area contributed by atoms with Crippen molar-refractivity contribution in [2.75, 3.05) is 25.5 Å². The molecule has 11 heteroatoms. The molecule has 1 amide bonds. The molecular weight excluding hydrogens is 454 g/mol. The predicted molar refractivity (Wildman–Crippen MR) is 127 cm³/mol. The Balaban J connectivity index is 1.37. The molecule has 3 N–H and O–H groups in total. The SMILES string of the molecule is CN1CC[C@@](O)(c2cccc(-c3csc(-c4ccnc(Nc5cnn(CCO)c5)n4)n3)c2)C1=O. The van der Waals surface area contributed by atoms with Crippen LogP contribution in [0.25, 0.3) is 22.0 Å². The van der Waals surface area contributed by atoms with Crippen LogP contribution in [0, 0.1) is 0 Å². The molecule has 34 heavy (non-hydrogen) atoms. The van der Waals surface area contributed by atoms with E-state index in [9.17, 15) is 9.90 Å². The average Bonchev–Trinajstić information content (AvgIpc) is 3.58. The van der Waals surface area contributed by atoms with E-state index in [1.54, 1.807) is 47.4 Å². The molecule has 1 atom stereocenters. The lowest BCUT2D eigenvalue weighted by molar-refractivity contribution is -0.143. The van der Waals surface area contributed by atoms with Gasteiger partial charge >= 0.3 is 0 Å². The van der Waals surface area contributed by atoms with Gasteiger partial charge in [-0.05, 0) is 17.7 Å². The van der Waals surface area contributed by atoms with Crippen molar-refractivity contribution in [2.45, 2.75) is 18.6 Å². The Morgan fingerprint density at radius 2 is 2.12 bits per heavy atom. The number of rotatable bonds is 7. The van der Waals surface area contributed by atoms with Crippen LogP contribution in [-0.2, 0) is 16.9 Å². The van der Waals surface area contributed by atoms with Gasteiger partial charge < -0.3 is 20.4 Å². The third-order valence-electron chi connectivity index (χ3n) is 5.74. The normalized spacial score (nSPS) is 18.0. The Kier molecular flexibility index (Phi) is 5.82. The lowest BCUT2D eigenvalue weighted by atomic mass is 9.90. The summed E-state index contributed by atoms with van der Waals surface area (Å²) in [5.74, 6) is 0.123. The zero-order valence-corrected chi connectivity index (χ0v) is 19.2. The maximum absolute atomic E-state index is 12.5. The summed E-state index contributed by atoms with van der Waals surface area (Å²) in [5.41, 5.74) is 2.01. The highest BCUT2D eigenvalue weighted by molar-refractivity contribution is 7.13. The number of likely N-dealkylation sites (tertiary alicyclic amines) is 1. The van der Waals surface area contributed by atoms with Gasteiger partial charge in [0.05, 0.1) is 30.7 Å². The smallest absolute Gasteiger partial charge is 0.258 e. The molecule has 1 saturated heterocycles. The van der Waals surface area contributed by atoms with Crippen LogP contribution in [0.4, 0.5) is 11.6 Å². The number of nitrogens with one attached hydrogen (secondary N) is 1. The zero-order chi connectivity index (χ0) is 23.7. The molecule has 4 heterocycles. The lowest BCUT2D eigenvalue weighted by Crippen LogP contribution is -2.36. The summed E-state index contributed by atoms with van der Waals surface area (Å²) in [6.07, 6.45) is 5.43. The van der Waals surface area contributed by atoms with Crippen molar-refractivity contribution in [3.05, 3.63) is 59.9 Å². The number of aliphatic hydroxyl groups is 2. The topological polar surface area (TPSA) is 129 Å². The van der Waals surface area contributed by atoms with E-state index in [4.69, 9.17) is 10.1 Å². The molecule has 3 aromatic heterocycles. The van der Waals surface area contributed by atoms with Gasteiger partial charge in [-0.2, -0.15) is 5.10 Å². The predicted octanol–water partition coefficient (Wildman–Crippen LogP) is 2.25. The van der Waals surface area contributed by atoms with Crippen molar-refractivity contribution in [2.24, 2.45) is 0 Å². The molecular formula is C23H23N7O3S. The van der Waals surface area contributed by atoms with Gasteiger partial charge in [-0.3, -0.25) is 9.48 Å². The van der Waals surface area contributed by atoms with Crippen molar-refractivity contribution in [1.82, 2.24) is 29.6 Å². The minimum atomic E-state index is -1.50. The molecule has 5 rings (SSSR count). The Morgan fingerprint density at radius 1 is 1.24 bits per heavy atom. The molecule has 0 radical (unpaired) electrons. The summed E-state index contributed by atoms with van der Waals surface area (Å²) in [7, 11) is 1.70. The number of carbonyl (C=O) groups excluding carboxylic acids is 1. The number of amides is 1. The van der Waals surface area contributed by atoms with Crippen molar-refractivity contribution in [3.63, 3.8) is 0 Å². The number of nitrogens with zero attached hydrogens (tertiary/aromatic N) is 6. The Hall–Kier alpha value is -3.67. The molecule has 0 unspecified atom stereocenters. The molecule has 174 valence electrons. The van der Waals surface area contributed by atoms with E-state index < -0.39 is 5.60 Å². The standard InChI is InChI=1S/C23H23N7O3S/c1-29-8-6-23(33,21(29)32)16-4-2-3-15(11-16)19-14-34-20(27-19)18-5-7-24-22(28-18)26-17-12-25-30(13-17)9-10-31/h2-5,7,11-14,31,33H,6,8-10H2,1H3,(H,24,26,28)/t23-/m1/s1. The first-order valence-electron chi connectivity index (χ1n) is 10.7. The highest BCUT2D eigenvalue weighted by Crippen LogP contribution is 2.35. The summed E-state index contributed by atoms with van der Waals surface area (Å²) in [6.45, 7) is 0.940. The minimum absolute atomic E-state index is 0.00897. The number of aliphatic hydroxyl groups excluding tert-OH is 1. The summed E-state index contributed by atoms with van der Waals surface area (Å²) in [5, 5.41) is 29.9. The lowest BCUT2D eigenvalue weighted by Gasteiger charge is -2.21. The Bertz CT molecular complexity index is 1340. The first-order valence-corrected chi connectivity index (χ1v) is 11.6. The molecule has 10 nitrogen and oxygen atoms in total. The van der Waals surface area contributed by atoms with E-state index in [0.29, 0.717) is 42.4 Å². The van der Waals surface area contributed by atoms with Crippen molar-refractivity contribution >= 4 is 28.9 Å². The second-order valence-corrected chi connectivity index (χ2v) is 8.92. The number of likely N-dealkylation sites (N-methyl/N-ethyl adjacent to an activating group) is 1. The monoisotopic (exact) mass is 477 g/mol. The van der Waals surface area contributed by atoms with Crippen LogP contribution in [0.3, 0.4) is 0 Å². The van der Waals surface area contributed by atoms with Crippen LogP contribution in [0.2, 0.25) is 0 Å². The van der Waals surface area contributed by atoms with E-state index in [-0.39, 0.29) is 12.5 Å². The van der Waals surface area contributed by atoms with Gasteiger partial charge in [0.25, 0.3) is 5.91 Å². The van der Waals surface area contributed by atoms with Crippen LogP contribution in [0.15, 0.2) is 54.3 Å². The van der Waals surface area contributed by atoms with E-state index >= 15 is 0 Å². The van der Waals surface area contributed by atoms with Crippen LogP contribution >= 0.6 is 11.3 Å². The fourth-order valence-corrected chi connectivity index (χ4v) is 4.70. The summed E-state index contributed by atoms with van der Waals surface area (Å²) in [6, 6.07) is 9.13. The Labute approximate surface area is 199 Å². The third kappa shape index (κ3) is 4.16. The molecule has 0 spiro atoms. The fraction of sp³-hybridized carbons (Fsp3) is 0.261. The van der Waals surface area contributed by atoms with Gasteiger partial charge in [0.1, 0.15) is 10.7 Å². The number of benzene rings is 1. The number of hydrogen-bond donors (Lipinski definition) is 3. The molecule has 0 aliphatic carbocycles. The van der Waals surface area contributed by atoms with Gasteiger partial charge in [-0.25, -0.2) is 15.0 Å². The molecule has 4 aromatic rings. The van der Waals surface area contributed by atoms with Crippen LogP contribution in [0.1, 0.15) is 12.0 Å². The molecule has 0 saturated carbocycles. The Morgan fingerprint density at radius 3 is 2.91 bits per heavy atom. The van der Waals surface area contributed by atoms with E-state index in [2.05, 4.69) is 20.4 Å². The highest BCUT2D eigenvalue weighted by Gasteiger charge is 2.45. The fourth-order valence-electron chi connectivity index (χ4n) is 3.90.